The molecular formula is C13H25N3O2S. The highest BCUT2D eigenvalue weighted by atomic mass is 32.2. The number of hydrogen-bond acceptors (Lipinski definition) is 4. The Kier molecular flexibility index (Phi) is 6.24. The molecule has 1 heterocycles. The van der Waals surface area contributed by atoms with Gasteiger partial charge in [-0.05, 0) is 52.1 Å². The first kappa shape index (κ1) is 16.4. The molecule has 0 amide bonds. The number of nitriles is 1. The molecule has 6 heteroatoms. The highest BCUT2D eigenvalue weighted by molar-refractivity contribution is 7.90. The van der Waals surface area contributed by atoms with Crippen molar-refractivity contribution in [2.45, 2.75) is 51.3 Å². The number of piperidine rings is 1. The van der Waals surface area contributed by atoms with Gasteiger partial charge in [0.1, 0.15) is 0 Å². The number of nitrogens with one attached hydrogen (secondary N) is 1. The molecule has 0 radical (unpaired) electrons. The van der Waals surface area contributed by atoms with Gasteiger partial charge in [0.2, 0.25) is 10.0 Å². The van der Waals surface area contributed by atoms with E-state index in [4.69, 9.17) is 5.26 Å². The molecule has 0 spiro atoms. The van der Waals surface area contributed by atoms with Gasteiger partial charge in [-0.15, -0.1) is 0 Å². The molecule has 0 aliphatic carbocycles. The Morgan fingerprint density at radius 3 is 2.37 bits per heavy atom. The second kappa shape index (κ2) is 7.22. The molecule has 0 aromatic rings. The first-order valence-corrected chi connectivity index (χ1v) is 8.54. The van der Waals surface area contributed by atoms with Gasteiger partial charge < -0.3 is 5.32 Å². The minimum atomic E-state index is -3.51. The van der Waals surface area contributed by atoms with Crippen molar-refractivity contribution in [3.05, 3.63) is 0 Å². The Labute approximate surface area is 117 Å². The van der Waals surface area contributed by atoms with Crippen molar-refractivity contribution < 1.29 is 8.42 Å². The minimum Gasteiger partial charge on any atom is -0.317 e. The fourth-order valence-corrected chi connectivity index (χ4v) is 4.35. The lowest BCUT2D eigenvalue weighted by Crippen LogP contribution is -2.46. The van der Waals surface area contributed by atoms with E-state index in [0.717, 1.165) is 25.9 Å². The van der Waals surface area contributed by atoms with E-state index < -0.39 is 15.3 Å². The molecule has 0 saturated carbocycles. The molecule has 1 aliphatic heterocycles. The van der Waals surface area contributed by atoms with E-state index in [-0.39, 0.29) is 6.04 Å². The first-order chi connectivity index (χ1) is 8.93. The molecular weight excluding hydrogens is 262 g/mol. The van der Waals surface area contributed by atoms with Crippen molar-refractivity contribution in [2.75, 3.05) is 19.6 Å². The Bertz CT molecular complexity index is 408. The quantitative estimate of drug-likeness (QED) is 0.800. The monoisotopic (exact) mass is 287 g/mol. The van der Waals surface area contributed by atoms with Crippen LogP contribution in [0.2, 0.25) is 0 Å². The average Bonchev–Trinajstić information content (AvgIpc) is 2.37. The Hall–Kier alpha value is -0.640. The van der Waals surface area contributed by atoms with Crippen LogP contribution < -0.4 is 5.32 Å². The first-order valence-electron chi connectivity index (χ1n) is 7.04. The summed E-state index contributed by atoms with van der Waals surface area (Å²) >= 11 is 0. The lowest BCUT2D eigenvalue weighted by atomic mass is 9.98. The van der Waals surface area contributed by atoms with Crippen LogP contribution in [0.3, 0.4) is 0 Å². The van der Waals surface area contributed by atoms with Crippen molar-refractivity contribution in [2.24, 2.45) is 5.92 Å². The summed E-state index contributed by atoms with van der Waals surface area (Å²) in [6, 6.07) is 1.83. The standard InChI is InChI=1S/C13H25N3O2S/c1-4-13(9-14)19(17,18)16(11(2)3)10-12-5-7-15-8-6-12/h11-13,15H,4-8,10H2,1-3H3. The number of rotatable bonds is 6. The van der Waals surface area contributed by atoms with Crippen LogP contribution in [0, 0.1) is 17.2 Å². The Morgan fingerprint density at radius 2 is 1.95 bits per heavy atom. The van der Waals surface area contributed by atoms with Crippen LogP contribution in [0.5, 0.6) is 0 Å². The minimum absolute atomic E-state index is 0.0951. The van der Waals surface area contributed by atoms with Crippen LogP contribution >= 0.6 is 0 Å². The third-order valence-corrected chi connectivity index (χ3v) is 6.06. The maximum absolute atomic E-state index is 12.5. The van der Waals surface area contributed by atoms with E-state index >= 15 is 0 Å². The van der Waals surface area contributed by atoms with E-state index in [1.54, 1.807) is 6.92 Å². The van der Waals surface area contributed by atoms with E-state index in [1.165, 1.54) is 4.31 Å². The number of sulfonamides is 1. The van der Waals surface area contributed by atoms with Gasteiger partial charge in [0.15, 0.2) is 5.25 Å². The normalized spacial score (nSPS) is 19.6. The predicted octanol–water partition coefficient (Wildman–Crippen LogP) is 1.33. The average molecular weight is 287 g/mol. The Morgan fingerprint density at radius 1 is 1.37 bits per heavy atom. The number of nitrogens with zero attached hydrogens (tertiary/aromatic N) is 2. The van der Waals surface area contributed by atoms with E-state index in [2.05, 4.69) is 5.32 Å². The summed E-state index contributed by atoms with van der Waals surface area (Å²) < 4.78 is 26.5. The second-order valence-corrected chi connectivity index (χ2v) is 7.50. The van der Waals surface area contributed by atoms with Gasteiger partial charge in [-0.25, -0.2) is 8.42 Å². The summed E-state index contributed by atoms with van der Waals surface area (Å²) in [5, 5.41) is 11.4. The van der Waals surface area contributed by atoms with Gasteiger partial charge in [-0.1, -0.05) is 6.92 Å². The lowest BCUT2D eigenvalue weighted by molar-refractivity contribution is 0.259. The van der Waals surface area contributed by atoms with Gasteiger partial charge in [-0.2, -0.15) is 9.57 Å². The SMILES string of the molecule is CCC(C#N)S(=O)(=O)N(CC1CCNCC1)C(C)C. The third-order valence-electron chi connectivity index (χ3n) is 3.67. The molecule has 0 aromatic carbocycles. The van der Waals surface area contributed by atoms with Crippen LogP contribution in [-0.4, -0.2) is 43.6 Å². The largest absolute Gasteiger partial charge is 0.317 e. The molecule has 1 N–H and O–H groups in total. The summed E-state index contributed by atoms with van der Waals surface area (Å²) in [5.41, 5.74) is 0. The van der Waals surface area contributed by atoms with Gasteiger partial charge in [0.25, 0.3) is 0 Å². The summed E-state index contributed by atoms with van der Waals surface area (Å²) in [5.74, 6) is 0.398. The second-order valence-electron chi connectivity index (χ2n) is 5.43. The molecule has 1 rings (SSSR count). The molecule has 19 heavy (non-hydrogen) atoms. The summed E-state index contributed by atoms with van der Waals surface area (Å²) in [4.78, 5) is 0. The molecule has 110 valence electrons. The van der Waals surface area contributed by atoms with Gasteiger partial charge >= 0.3 is 0 Å². The molecule has 0 aromatic heterocycles. The van der Waals surface area contributed by atoms with Crippen molar-refractivity contribution >= 4 is 10.0 Å². The maximum Gasteiger partial charge on any atom is 0.230 e. The van der Waals surface area contributed by atoms with Crippen LogP contribution in [0.1, 0.15) is 40.0 Å². The zero-order valence-electron chi connectivity index (χ0n) is 12.1. The third kappa shape index (κ3) is 4.16. The molecule has 5 nitrogen and oxygen atoms in total. The van der Waals surface area contributed by atoms with Crippen LogP contribution in [0.15, 0.2) is 0 Å². The van der Waals surface area contributed by atoms with Gasteiger partial charge in [-0.3, -0.25) is 0 Å². The summed E-state index contributed by atoms with van der Waals surface area (Å²) in [6.07, 6.45) is 2.35. The zero-order valence-corrected chi connectivity index (χ0v) is 12.9. The van der Waals surface area contributed by atoms with E-state index in [1.807, 2.05) is 19.9 Å². The molecule has 1 fully saturated rings. The molecule has 1 saturated heterocycles. The molecule has 1 unspecified atom stereocenters. The summed E-state index contributed by atoms with van der Waals surface area (Å²) in [7, 11) is -3.51. The van der Waals surface area contributed by atoms with E-state index in [0.29, 0.717) is 18.9 Å². The van der Waals surface area contributed by atoms with Gasteiger partial charge in [0.05, 0.1) is 6.07 Å². The van der Waals surface area contributed by atoms with Crippen molar-refractivity contribution in [1.29, 1.82) is 5.26 Å². The highest BCUT2D eigenvalue weighted by Crippen LogP contribution is 2.21. The van der Waals surface area contributed by atoms with Crippen LogP contribution in [-0.2, 0) is 10.0 Å². The Balaban J connectivity index is 2.84. The maximum atomic E-state index is 12.5. The summed E-state index contributed by atoms with van der Waals surface area (Å²) in [6.45, 7) is 7.94. The number of hydrogen-bond donors (Lipinski definition) is 1. The van der Waals surface area contributed by atoms with Crippen molar-refractivity contribution in [3.63, 3.8) is 0 Å². The van der Waals surface area contributed by atoms with Crippen molar-refractivity contribution in [3.8, 4) is 6.07 Å². The highest BCUT2D eigenvalue weighted by Gasteiger charge is 2.34. The predicted molar refractivity (Wildman–Crippen MR) is 76.0 cm³/mol. The van der Waals surface area contributed by atoms with Crippen molar-refractivity contribution in [1.82, 2.24) is 9.62 Å². The van der Waals surface area contributed by atoms with E-state index in [9.17, 15) is 8.42 Å². The van der Waals surface area contributed by atoms with Gasteiger partial charge in [0, 0.05) is 12.6 Å². The fraction of sp³-hybridized carbons (Fsp3) is 0.923. The smallest absolute Gasteiger partial charge is 0.230 e. The van der Waals surface area contributed by atoms with Crippen LogP contribution in [0.25, 0.3) is 0 Å². The fourth-order valence-electron chi connectivity index (χ4n) is 2.46. The molecule has 0 bridgehead atoms. The van der Waals surface area contributed by atoms with Crippen LogP contribution in [0.4, 0.5) is 0 Å². The zero-order chi connectivity index (χ0) is 14.5. The molecule has 1 aliphatic rings. The molecule has 1 atom stereocenters. The lowest BCUT2D eigenvalue weighted by Gasteiger charge is -2.33. The topological polar surface area (TPSA) is 73.2 Å².